The molecule has 246 valence electrons. The van der Waals surface area contributed by atoms with E-state index in [2.05, 4.69) is 93.6 Å². The number of hydrogen-bond donors (Lipinski definition) is 0. The third-order valence-electron chi connectivity index (χ3n) is 10.9. The van der Waals surface area contributed by atoms with E-state index in [1.807, 2.05) is 0 Å². The molecule has 1 aliphatic carbocycles. The van der Waals surface area contributed by atoms with Crippen molar-refractivity contribution in [3.05, 3.63) is 49.9 Å². The summed E-state index contributed by atoms with van der Waals surface area (Å²) in [5.41, 5.74) is 7.87. The number of aryl methyl sites for hydroxylation is 2. The van der Waals surface area contributed by atoms with Gasteiger partial charge in [0.1, 0.15) is 0 Å². The first kappa shape index (κ1) is 45.6. The van der Waals surface area contributed by atoms with Crippen LogP contribution in [0.25, 0.3) is 0 Å². The van der Waals surface area contributed by atoms with Crippen molar-refractivity contribution in [2.24, 2.45) is 0 Å². The van der Waals surface area contributed by atoms with E-state index < -0.39 is 8.07 Å². The second-order valence-electron chi connectivity index (χ2n) is 13.5. The molecule has 0 saturated heterocycles. The standard InChI is InChI=1S/C38H65Si.3ClH.Ti/c1-9-12-13-14-15-16-17-18-19-20-21-22-23-24-25-26-27-39(8,38(7)31-32(4)33(5)34(38)6)37-29-35(10-2)28-36(11-3)30-37;;;;/h28-30H,9-27H2,1-8H3;3*1H;/q;;;;+3/p-3. The Balaban J connectivity index is 0. The van der Waals surface area contributed by atoms with Crippen molar-refractivity contribution in [1.82, 2.24) is 0 Å². The van der Waals surface area contributed by atoms with E-state index in [-0.39, 0.29) is 42.3 Å². The molecule has 0 radical (unpaired) electrons. The number of unbranched alkanes of at least 4 members (excludes halogenated alkanes) is 15. The van der Waals surface area contributed by atoms with E-state index in [0.29, 0.717) is 0 Å². The van der Waals surface area contributed by atoms with E-state index in [1.165, 1.54) is 109 Å². The largest absolute Gasteiger partial charge is 1.00 e. The molecule has 0 saturated carbocycles. The Kier molecular flexibility index (Phi) is 25.2. The van der Waals surface area contributed by atoms with Crippen LogP contribution in [0.4, 0.5) is 0 Å². The average molecular weight is 704 g/mol. The minimum Gasteiger partial charge on any atom is -1.00 e. The summed E-state index contributed by atoms with van der Waals surface area (Å²) in [5, 5.41) is 1.95. The summed E-state index contributed by atoms with van der Waals surface area (Å²) in [6.07, 6.45) is 25.4. The Labute approximate surface area is 300 Å². The molecule has 43 heavy (non-hydrogen) atoms. The minimum atomic E-state index is -1.84. The number of benzene rings is 1. The summed E-state index contributed by atoms with van der Waals surface area (Å²) in [6, 6.07) is 9.11. The zero-order valence-electron chi connectivity index (χ0n) is 29.3. The van der Waals surface area contributed by atoms with Crippen LogP contribution in [0.2, 0.25) is 17.6 Å². The third-order valence-corrected chi connectivity index (χ3v) is 18.4. The van der Waals surface area contributed by atoms with Crippen LogP contribution >= 0.6 is 0 Å². The molecule has 2 atom stereocenters. The molecule has 0 N–H and O–H groups in total. The van der Waals surface area contributed by atoms with Crippen LogP contribution in [-0.4, -0.2) is 8.07 Å². The van der Waals surface area contributed by atoms with Gasteiger partial charge in [0.2, 0.25) is 0 Å². The zero-order valence-corrected chi connectivity index (χ0v) is 34.1. The average Bonchev–Trinajstić information content (AvgIpc) is 3.12. The number of rotatable bonds is 21. The second-order valence-corrected chi connectivity index (χ2v) is 19.0. The summed E-state index contributed by atoms with van der Waals surface area (Å²) < 4.78 is 1.66. The SMILES string of the molecule is CCCCCCCCCCCCCCCCCC[Si](C)(c1cc(CC)cc(CC)c1)C1(C)C(C)=C(C)C(C)=[C]1[Ti+3].[Cl-].[Cl-].[Cl-]. The molecule has 0 fully saturated rings. The maximum absolute atomic E-state index is 2.74. The van der Waals surface area contributed by atoms with Gasteiger partial charge in [0.15, 0.2) is 0 Å². The predicted molar refractivity (Wildman–Crippen MR) is 180 cm³/mol. The van der Waals surface area contributed by atoms with Gasteiger partial charge in [-0.15, -0.1) is 0 Å². The van der Waals surface area contributed by atoms with Gasteiger partial charge in [-0.1, -0.05) is 58.3 Å². The van der Waals surface area contributed by atoms with Crippen molar-refractivity contribution < 1.29 is 57.7 Å². The molecule has 2 unspecified atom stereocenters. The van der Waals surface area contributed by atoms with Crippen molar-refractivity contribution in [3.8, 4) is 0 Å². The maximum atomic E-state index is 2.74. The molecule has 2 rings (SSSR count). The van der Waals surface area contributed by atoms with E-state index in [4.69, 9.17) is 0 Å². The van der Waals surface area contributed by atoms with Crippen LogP contribution in [-0.2, 0) is 33.3 Å². The molecule has 0 nitrogen and oxygen atoms in total. The predicted octanol–water partition coefficient (Wildman–Crippen LogP) is 3.30. The van der Waals surface area contributed by atoms with Crippen LogP contribution in [0.5, 0.6) is 0 Å². The molecule has 0 aromatic heterocycles. The Hall–Kier alpha value is 0.501. The first-order valence-corrected chi connectivity index (χ1v) is 20.9. The Bertz CT molecular complexity index is 924. The molecule has 1 aliphatic rings. The van der Waals surface area contributed by atoms with Crippen molar-refractivity contribution in [2.45, 2.75) is 182 Å². The summed E-state index contributed by atoms with van der Waals surface area (Å²) in [5.74, 6) is 0. The van der Waals surface area contributed by atoms with Crippen LogP contribution < -0.4 is 42.4 Å². The van der Waals surface area contributed by atoms with Gasteiger partial charge in [-0.2, -0.15) is 0 Å². The molecule has 5 heteroatoms. The minimum absolute atomic E-state index is 0. The van der Waals surface area contributed by atoms with Crippen molar-refractivity contribution in [3.63, 3.8) is 0 Å². The first-order chi connectivity index (χ1) is 19.2. The van der Waals surface area contributed by atoms with Crippen LogP contribution in [0.15, 0.2) is 38.8 Å². The summed E-state index contributed by atoms with van der Waals surface area (Å²) >= 11 is 2.46. The number of hydrogen-bond acceptors (Lipinski definition) is 0. The first-order valence-electron chi connectivity index (χ1n) is 17.4. The quantitative estimate of drug-likeness (QED) is 0.136. The molecular formula is C38H65Cl3SiTi. The van der Waals surface area contributed by atoms with Gasteiger partial charge in [0.05, 0.1) is 0 Å². The van der Waals surface area contributed by atoms with E-state index in [1.54, 1.807) is 36.9 Å². The Morgan fingerprint density at radius 2 is 0.953 bits per heavy atom. The third kappa shape index (κ3) is 12.6. The van der Waals surface area contributed by atoms with Crippen LogP contribution in [0.3, 0.4) is 0 Å². The van der Waals surface area contributed by atoms with Gasteiger partial charge in [-0.3, -0.25) is 0 Å². The molecule has 0 bridgehead atoms. The smallest absolute Gasteiger partial charge is 1.00 e. The molecule has 1 aromatic carbocycles. The summed E-state index contributed by atoms with van der Waals surface area (Å²) in [7, 11) is -1.84. The molecule has 0 heterocycles. The molecular weight excluding hydrogens is 639 g/mol. The van der Waals surface area contributed by atoms with Gasteiger partial charge in [-0.25, -0.2) is 0 Å². The molecule has 0 aliphatic heterocycles. The molecule has 0 amide bonds. The van der Waals surface area contributed by atoms with Crippen molar-refractivity contribution in [2.75, 3.05) is 0 Å². The number of halogens is 3. The Morgan fingerprint density at radius 1 is 0.581 bits per heavy atom. The van der Waals surface area contributed by atoms with Gasteiger partial charge in [-0.05, 0) is 0 Å². The van der Waals surface area contributed by atoms with E-state index >= 15 is 0 Å². The van der Waals surface area contributed by atoms with Crippen molar-refractivity contribution in [1.29, 1.82) is 0 Å². The topological polar surface area (TPSA) is 0 Å². The summed E-state index contributed by atoms with van der Waals surface area (Å²) in [4.78, 5) is 0. The Morgan fingerprint density at radius 3 is 1.28 bits per heavy atom. The van der Waals surface area contributed by atoms with E-state index in [9.17, 15) is 0 Å². The molecule has 1 aromatic rings. The van der Waals surface area contributed by atoms with Gasteiger partial charge < -0.3 is 37.2 Å². The van der Waals surface area contributed by atoms with Gasteiger partial charge in [0.25, 0.3) is 0 Å². The second kappa shape index (κ2) is 23.8. The monoisotopic (exact) mass is 702 g/mol. The fraction of sp³-hybridized carbons (Fsp3) is 0.737. The molecule has 0 spiro atoms. The van der Waals surface area contributed by atoms with Crippen LogP contribution in [0, 0.1) is 0 Å². The number of allylic oxidation sites excluding steroid dienone is 4. The summed E-state index contributed by atoms with van der Waals surface area (Å²) in [6.45, 7) is 19.5. The van der Waals surface area contributed by atoms with Crippen LogP contribution in [0.1, 0.15) is 162 Å². The normalized spacial score (nSPS) is 17.8. The maximum Gasteiger partial charge on any atom is -1.00 e. The van der Waals surface area contributed by atoms with Crippen molar-refractivity contribution >= 4 is 13.3 Å². The van der Waals surface area contributed by atoms with E-state index in [0.717, 1.165) is 12.8 Å². The van der Waals surface area contributed by atoms with Gasteiger partial charge >= 0.3 is 207 Å². The fourth-order valence-corrected chi connectivity index (χ4v) is 14.3. The van der Waals surface area contributed by atoms with Gasteiger partial charge in [0, 0.05) is 0 Å². The zero-order chi connectivity index (χ0) is 29.6. The fourth-order valence-electron chi connectivity index (χ4n) is 7.30.